The Labute approximate surface area is 156 Å². The molecule has 1 aromatic carbocycles. The van der Waals surface area contributed by atoms with E-state index in [1.54, 1.807) is 12.1 Å². The monoisotopic (exact) mass is 382 g/mol. The summed E-state index contributed by atoms with van der Waals surface area (Å²) in [5, 5.41) is 3.63. The highest BCUT2D eigenvalue weighted by atomic mass is 35.5. The molecule has 6 heteroatoms. The molecule has 0 aromatic heterocycles. The Morgan fingerprint density at radius 2 is 1.74 bits per heavy atom. The first-order valence-electron chi connectivity index (χ1n) is 8.15. The molecule has 1 aliphatic carbocycles. The van der Waals surface area contributed by atoms with Crippen LogP contribution in [-0.4, -0.2) is 31.1 Å². The van der Waals surface area contributed by atoms with Crippen LogP contribution < -0.4 is 5.32 Å². The van der Waals surface area contributed by atoms with Gasteiger partial charge in [-0.05, 0) is 36.5 Å². The Hall–Kier alpha value is -0.0600. The smallest absolute Gasteiger partial charge is 0.142 e. The van der Waals surface area contributed by atoms with Gasteiger partial charge < -0.3 is 5.32 Å². The molecular formula is C17H26Cl3FN2. The van der Waals surface area contributed by atoms with Crippen molar-refractivity contribution in [1.29, 1.82) is 0 Å². The van der Waals surface area contributed by atoms with Crippen LogP contribution in [0.5, 0.6) is 0 Å². The Bertz CT molecular complexity index is 457. The number of nitrogens with one attached hydrogen (secondary N) is 1. The number of piperazine rings is 1. The normalized spacial score (nSPS) is 21.1. The minimum atomic E-state index is -0.287. The third-order valence-electron chi connectivity index (χ3n) is 4.93. The minimum absolute atomic E-state index is 0. The second kappa shape index (κ2) is 10.0. The summed E-state index contributed by atoms with van der Waals surface area (Å²) in [6.45, 7) is 4.15. The van der Waals surface area contributed by atoms with Gasteiger partial charge in [0.25, 0.3) is 0 Å². The molecule has 0 amide bonds. The summed E-state index contributed by atoms with van der Waals surface area (Å²) >= 11 is 5.86. The van der Waals surface area contributed by atoms with Crippen molar-refractivity contribution in [3.63, 3.8) is 0 Å². The van der Waals surface area contributed by atoms with Crippen LogP contribution in [0.1, 0.15) is 43.7 Å². The molecule has 1 saturated carbocycles. The number of halogens is 4. The number of nitrogens with zero attached hydrogens (tertiary/aromatic N) is 1. The number of rotatable bonds is 3. The SMILES string of the molecule is Cl.Cl.Fc1cc([C@@H](C2CCCCC2)N2CCNCC2)ccc1Cl. The molecule has 0 bridgehead atoms. The van der Waals surface area contributed by atoms with E-state index in [0.29, 0.717) is 12.0 Å². The van der Waals surface area contributed by atoms with Gasteiger partial charge in [-0.3, -0.25) is 4.90 Å². The van der Waals surface area contributed by atoms with Gasteiger partial charge in [-0.15, -0.1) is 24.8 Å². The molecule has 23 heavy (non-hydrogen) atoms. The summed E-state index contributed by atoms with van der Waals surface area (Å²) in [6, 6.07) is 5.74. The minimum Gasteiger partial charge on any atom is -0.314 e. The van der Waals surface area contributed by atoms with E-state index in [9.17, 15) is 4.39 Å². The third kappa shape index (κ3) is 5.20. The lowest BCUT2D eigenvalue weighted by Gasteiger charge is -2.41. The summed E-state index contributed by atoms with van der Waals surface area (Å²) in [7, 11) is 0. The molecule has 1 heterocycles. The van der Waals surface area contributed by atoms with E-state index in [4.69, 9.17) is 11.6 Å². The van der Waals surface area contributed by atoms with E-state index in [1.165, 1.54) is 32.1 Å². The van der Waals surface area contributed by atoms with Crippen LogP contribution in [-0.2, 0) is 0 Å². The van der Waals surface area contributed by atoms with E-state index < -0.39 is 0 Å². The van der Waals surface area contributed by atoms with Crippen molar-refractivity contribution >= 4 is 36.4 Å². The largest absolute Gasteiger partial charge is 0.314 e. The fourth-order valence-corrected chi connectivity index (χ4v) is 4.01. The molecule has 0 radical (unpaired) electrons. The summed E-state index contributed by atoms with van der Waals surface area (Å²) in [5.74, 6) is 0.363. The lowest BCUT2D eigenvalue weighted by molar-refractivity contribution is 0.103. The van der Waals surface area contributed by atoms with Gasteiger partial charge in [-0.1, -0.05) is 36.9 Å². The van der Waals surface area contributed by atoms with Gasteiger partial charge in [0.1, 0.15) is 5.82 Å². The fraction of sp³-hybridized carbons (Fsp3) is 0.647. The molecule has 1 saturated heterocycles. The van der Waals surface area contributed by atoms with Crippen LogP contribution in [0.25, 0.3) is 0 Å². The van der Waals surface area contributed by atoms with Crippen LogP contribution >= 0.6 is 36.4 Å². The molecule has 2 aliphatic rings. The topological polar surface area (TPSA) is 15.3 Å². The van der Waals surface area contributed by atoms with Crippen LogP contribution in [0.3, 0.4) is 0 Å². The molecule has 2 nitrogen and oxygen atoms in total. The molecule has 3 rings (SSSR count). The molecule has 1 atom stereocenters. The van der Waals surface area contributed by atoms with Gasteiger partial charge in [-0.2, -0.15) is 0 Å². The zero-order chi connectivity index (χ0) is 14.7. The van der Waals surface area contributed by atoms with E-state index in [-0.39, 0.29) is 35.7 Å². The first-order valence-corrected chi connectivity index (χ1v) is 8.53. The summed E-state index contributed by atoms with van der Waals surface area (Å²) in [5.41, 5.74) is 1.10. The van der Waals surface area contributed by atoms with Gasteiger partial charge in [0, 0.05) is 32.2 Å². The predicted octanol–water partition coefficient (Wildman–Crippen LogP) is 4.85. The highest BCUT2D eigenvalue weighted by Gasteiger charge is 2.31. The maximum atomic E-state index is 13.9. The molecule has 0 spiro atoms. The zero-order valence-electron chi connectivity index (χ0n) is 13.3. The van der Waals surface area contributed by atoms with Crippen LogP contribution in [0.4, 0.5) is 4.39 Å². The Balaban J connectivity index is 0.00000132. The summed E-state index contributed by atoms with van der Waals surface area (Å²) in [4.78, 5) is 2.54. The molecule has 0 unspecified atom stereocenters. The zero-order valence-corrected chi connectivity index (χ0v) is 15.7. The Morgan fingerprint density at radius 1 is 1.09 bits per heavy atom. The second-order valence-corrected chi connectivity index (χ2v) is 6.71. The third-order valence-corrected chi connectivity index (χ3v) is 5.23. The maximum absolute atomic E-state index is 13.9. The second-order valence-electron chi connectivity index (χ2n) is 6.30. The highest BCUT2D eigenvalue weighted by molar-refractivity contribution is 6.30. The van der Waals surface area contributed by atoms with Crippen LogP contribution in [0.15, 0.2) is 18.2 Å². The number of hydrogen-bond acceptors (Lipinski definition) is 2. The van der Waals surface area contributed by atoms with E-state index in [1.807, 2.05) is 6.07 Å². The Kier molecular flexibility index (Phi) is 9.17. The number of hydrogen-bond donors (Lipinski definition) is 1. The van der Waals surface area contributed by atoms with Gasteiger partial charge in [-0.25, -0.2) is 4.39 Å². The lowest BCUT2D eigenvalue weighted by atomic mass is 9.80. The summed E-state index contributed by atoms with van der Waals surface area (Å²) < 4.78 is 13.9. The Morgan fingerprint density at radius 3 is 2.35 bits per heavy atom. The van der Waals surface area contributed by atoms with Crippen molar-refractivity contribution in [2.24, 2.45) is 5.92 Å². The average molecular weight is 384 g/mol. The van der Waals surface area contributed by atoms with Crippen molar-refractivity contribution < 1.29 is 4.39 Å². The first-order chi connectivity index (χ1) is 10.3. The van der Waals surface area contributed by atoms with E-state index in [2.05, 4.69) is 10.2 Å². The van der Waals surface area contributed by atoms with E-state index in [0.717, 1.165) is 31.7 Å². The quantitative estimate of drug-likeness (QED) is 0.802. The highest BCUT2D eigenvalue weighted by Crippen LogP contribution is 2.39. The fourth-order valence-electron chi connectivity index (χ4n) is 3.89. The molecule has 1 aliphatic heterocycles. The van der Waals surface area contributed by atoms with Crippen molar-refractivity contribution in [3.05, 3.63) is 34.6 Å². The van der Waals surface area contributed by atoms with Crippen molar-refractivity contribution in [2.75, 3.05) is 26.2 Å². The molecule has 1 aromatic rings. The van der Waals surface area contributed by atoms with Crippen LogP contribution in [0, 0.1) is 11.7 Å². The molecule has 132 valence electrons. The lowest BCUT2D eigenvalue weighted by Crippen LogP contribution is -2.47. The van der Waals surface area contributed by atoms with Crippen molar-refractivity contribution in [2.45, 2.75) is 38.1 Å². The van der Waals surface area contributed by atoms with E-state index >= 15 is 0 Å². The van der Waals surface area contributed by atoms with Gasteiger partial charge in [0.05, 0.1) is 5.02 Å². The summed E-state index contributed by atoms with van der Waals surface area (Å²) in [6.07, 6.45) is 6.49. The van der Waals surface area contributed by atoms with Gasteiger partial charge >= 0.3 is 0 Å². The average Bonchev–Trinajstić information content (AvgIpc) is 2.53. The molecular weight excluding hydrogens is 358 g/mol. The maximum Gasteiger partial charge on any atom is 0.142 e. The van der Waals surface area contributed by atoms with Crippen LogP contribution in [0.2, 0.25) is 5.02 Å². The van der Waals surface area contributed by atoms with Gasteiger partial charge in [0.15, 0.2) is 0 Å². The predicted molar refractivity (Wildman–Crippen MR) is 99.7 cm³/mol. The number of benzene rings is 1. The standard InChI is InChI=1S/C17H24ClFN2.2ClH/c18-15-7-6-14(12-16(15)19)17(13-4-2-1-3-5-13)21-10-8-20-9-11-21;;/h6-7,12-13,17,20H,1-5,8-11H2;2*1H/t17-;;/m1../s1. The van der Waals surface area contributed by atoms with Gasteiger partial charge in [0.2, 0.25) is 0 Å². The van der Waals surface area contributed by atoms with Crippen molar-refractivity contribution in [3.8, 4) is 0 Å². The van der Waals surface area contributed by atoms with Crippen molar-refractivity contribution in [1.82, 2.24) is 10.2 Å². The first kappa shape index (κ1) is 21.0. The molecule has 2 fully saturated rings. The molecule has 1 N–H and O–H groups in total.